The molecule has 1 aliphatic rings. The topological polar surface area (TPSA) is 20.3 Å². The minimum atomic E-state index is -0.249. The van der Waals surface area contributed by atoms with E-state index in [-0.39, 0.29) is 5.41 Å². The SMILES string of the molecule is CC(C)(C)C(=O)Cc1ccccc1CN1CCCC1. The molecule has 0 unspecified atom stereocenters. The molecule has 1 aliphatic heterocycles. The molecule has 0 atom stereocenters. The fourth-order valence-electron chi connectivity index (χ4n) is 2.50. The highest BCUT2D eigenvalue weighted by atomic mass is 16.1. The standard InChI is InChI=1S/C17H25NO/c1-17(2,3)16(19)12-14-8-4-5-9-15(14)13-18-10-6-7-11-18/h4-5,8-9H,6-7,10-13H2,1-3H3. The smallest absolute Gasteiger partial charge is 0.142 e. The number of carbonyl (C=O) groups is 1. The van der Waals surface area contributed by atoms with Gasteiger partial charge in [-0.2, -0.15) is 0 Å². The van der Waals surface area contributed by atoms with E-state index in [1.807, 2.05) is 26.8 Å². The van der Waals surface area contributed by atoms with Gasteiger partial charge < -0.3 is 0 Å². The summed E-state index contributed by atoms with van der Waals surface area (Å²) in [6.45, 7) is 9.38. The van der Waals surface area contributed by atoms with Crippen molar-refractivity contribution in [2.24, 2.45) is 5.41 Å². The molecule has 1 heterocycles. The number of hydrogen-bond donors (Lipinski definition) is 0. The molecule has 0 saturated carbocycles. The predicted octanol–water partition coefficient (Wildman–Crippen LogP) is 3.44. The van der Waals surface area contributed by atoms with E-state index < -0.39 is 0 Å². The highest BCUT2D eigenvalue weighted by Crippen LogP contribution is 2.21. The highest BCUT2D eigenvalue weighted by Gasteiger charge is 2.22. The highest BCUT2D eigenvalue weighted by molar-refractivity contribution is 5.85. The van der Waals surface area contributed by atoms with Crippen molar-refractivity contribution in [3.63, 3.8) is 0 Å². The molecule has 0 N–H and O–H groups in total. The quantitative estimate of drug-likeness (QED) is 0.825. The molecular weight excluding hydrogens is 234 g/mol. The Morgan fingerprint density at radius 1 is 1.11 bits per heavy atom. The summed E-state index contributed by atoms with van der Waals surface area (Å²) in [5, 5.41) is 0. The Kier molecular flexibility index (Phi) is 4.41. The largest absolute Gasteiger partial charge is 0.299 e. The van der Waals surface area contributed by atoms with Crippen LogP contribution >= 0.6 is 0 Å². The van der Waals surface area contributed by atoms with E-state index in [1.165, 1.54) is 37.1 Å². The Morgan fingerprint density at radius 3 is 2.26 bits per heavy atom. The maximum absolute atomic E-state index is 12.2. The third kappa shape index (κ3) is 3.90. The number of likely N-dealkylation sites (tertiary alicyclic amines) is 1. The normalized spacial score (nSPS) is 16.8. The lowest BCUT2D eigenvalue weighted by Crippen LogP contribution is -2.24. The van der Waals surface area contributed by atoms with Gasteiger partial charge in [0, 0.05) is 18.4 Å². The first kappa shape index (κ1) is 14.3. The molecule has 1 fully saturated rings. The van der Waals surface area contributed by atoms with Crippen LogP contribution in [0.2, 0.25) is 0 Å². The fraction of sp³-hybridized carbons (Fsp3) is 0.588. The summed E-state index contributed by atoms with van der Waals surface area (Å²) >= 11 is 0. The van der Waals surface area contributed by atoms with Gasteiger partial charge in [0.15, 0.2) is 0 Å². The zero-order valence-corrected chi connectivity index (χ0v) is 12.4. The summed E-state index contributed by atoms with van der Waals surface area (Å²) in [5.74, 6) is 0.321. The summed E-state index contributed by atoms with van der Waals surface area (Å²) in [4.78, 5) is 14.7. The van der Waals surface area contributed by atoms with Gasteiger partial charge in [-0.1, -0.05) is 45.0 Å². The Bertz CT molecular complexity index is 439. The van der Waals surface area contributed by atoms with Gasteiger partial charge in [-0.05, 0) is 37.1 Å². The monoisotopic (exact) mass is 259 g/mol. The summed E-state index contributed by atoms with van der Waals surface area (Å²) < 4.78 is 0. The van der Waals surface area contributed by atoms with Crippen molar-refractivity contribution in [2.75, 3.05) is 13.1 Å². The third-order valence-electron chi connectivity index (χ3n) is 3.90. The second-order valence-corrected chi connectivity index (χ2v) is 6.60. The second-order valence-electron chi connectivity index (χ2n) is 6.60. The van der Waals surface area contributed by atoms with Crippen LogP contribution in [0.5, 0.6) is 0 Å². The Labute approximate surface area is 116 Å². The van der Waals surface area contributed by atoms with Gasteiger partial charge in [0.25, 0.3) is 0 Å². The van der Waals surface area contributed by atoms with Gasteiger partial charge in [0.2, 0.25) is 0 Å². The zero-order valence-electron chi connectivity index (χ0n) is 12.4. The first-order valence-corrected chi connectivity index (χ1v) is 7.29. The van der Waals surface area contributed by atoms with E-state index in [9.17, 15) is 4.79 Å². The summed E-state index contributed by atoms with van der Waals surface area (Å²) in [5.41, 5.74) is 2.28. The van der Waals surface area contributed by atoms with E-state index in [0.717, 1.165) is 6.54 Å². The van der Waals surface area contributed by atoms with Crippen molar-refractivity contribution in [1.82, 2.24) is 4.90 Å². The van der Waals surface area contributed by atoms with Crippen molar-refractivity contribution >= 4 is 5.78 Å². The summed E-state index contributed by atoms with van der Waals surface area (Å²) in [6.07, 6.45) is 3.18. The average Bonchev–Trinajstić information content (AvgIpc) is 2.83. The zero-order chi connectivity index (χ0) is 13.9. The van der Waals surface area contributed by atoms with Crippen molar-refractivity contribution in [2.45, 2.75) is 46.6 Å². The maximum atomic E-state index is 12.2. The summed E-state index contributed by atoms with van der Waals surface area (Å²) in [7, 11) is 0. The van der Waals surface area contributed by atoms with Gasteiger partial charge in [0.05, 0.1) is 0 Å². The molecule has 2 rings (SSSR count). The van der Waals surface area contributed by atoms with E-state index in [1.54, 1.807) is 0 Å². The Balaban J connectivity index is 2.09. The molecule has 19 heavy (non-hydrogen) atoms. The fourth-order valence-corrected chi connectivity index (χ4v) is 2.50. The molecular formula is C17H25NO. The lowest BCUT2D eigenvalue weighted by Gasteiger charge is -2.20. The number of Topliss-reactive ketones (excluding diaryl/α,β-unsaturated/α-hetero) is 1. The molecule has 0 aromatic heterocycles. The van der Waals surface area contributed by atoms with Crippen LogP contribution in [0, 0.1) is 5.41 Å². The van der Waals surface area contributed by atoms with Crippen molar-refractivity contribution in [3.05, 3.63) is 35.4 Å². The molecule has 104 valence electrons. The van der Waals surface area contributed by atoms with Gasteiger partial charge in [-0.25, -0.2) is 0 Å². The van der Waals surface area contributed by atoms with E-state index in [4.69, 9.17) is 0 Å². The predicted molar refractivity (Wildman–Crippen MR) is 79.1 cm³/mol. The van der Waals surface area contributed by atoms with Crippen LogP contribution in [0.15, 0.2) is 24.3 Å². The van der Waals surface area contributed by atoms with Gasteiger partial charge >= 0.3 is 0 Å². The van der Waals surface area contributed by atoms with Gasteiger partial charge in [-0.15, -0.1) is 0 Å². The molecule has 0 radical (unpaired) electrons. The maximum Gasteiger partial charge on any atom is 0.142 e. The number of nitrogens with zero attached hydrogens (tertiary/aromatic N) is 1. The molecule has 0 spiro atoms. The van der Waals surface area contributed by atoms with Crippen LogP contribution in [0.25, 0.3) is 0 Å². The van der Waals surface area contributed by atoms with Crippen LogP contribution in [0.4, 0.5) is 0 Å². The number of hydrogen-bond acceptors (Lipinski definition) is 2. The van der Waals surface area contributed by atoms with Crippen molar-refractivity contribution in [1.29, 1.82) is 0 Å². The van der Waals surface area contributed by atoms with Gasteiger partial charge in [-0.3, -0.25) is 9.69 Å². The van der Waals surface area contributed by atoms with Crippen LogP contribution in [0.3, 0.4) is 0 Å². The second kappa shape index (κ2) is 5.87. The van der Waals surface area contributed by atoms with E-state index in [0.29, 0.717) is 12.2 Å². The van der Waals surface area contributed by atoms with Crippen LogP contribution in [-0.2, 0) is 17.8 Å². The number of rotatable bonds is 4. The molecule has 1 saturated heterocycles. The van der Waals surface area contributed by atoms with Gasteiger partial charge in [0.1, 0.15) is 5.78 Å². The van der Waals surface area contributed by atoms with Crippen LogP contribution in [-0.4, -0.2) is 23.8 Å². The molecule has 2 heteroatoms. The first-order valence-electron chi connectivity index (χ1n) is 7.29. The van der Waals surface area contributed by atoms with E-state index >= 15 is 0 Å². The third-order valence-corrected chi connectivity index (χ3v) is 3.90. The molecule has 0 amide bonds. The average molecular weight is 259 g/mol. The summed E-state index contributed by atoms with van der Waals surface area (Å²) in [6, 6.07) is 8.40. The van der Waals surface area contributed by atoms with Crippen LogP contribution < -0.4 is 0 Å². The number of carbonyl (C=O) groups excluding carboxylic acids is 1. The first-order chi connectivity index (χ1) is 8.97. The van der Waals surface area contributed by atoms with Crippen molar-refractivity contribution < 1.29 is 4.79 Å². The number of ketones is 1. The number of benzene rings is 1. The Hall–Kier alpha value is -1.15. The minimum Gasteiger partial charge on any atom is -0.299 e. The minimum absolute atomic E-state index is 0.249. The van der Waals surface area contributed by atoms with Crippen LogP contribution in [0.1, 0.15) is 44.7 Å². The van der Waals surface area contributed by atoms with E-state index in [2.05, 4.69) is 23.1 Å². The molecule has 1 aromatic rings. The molecule has 0 bridgehead atoms. The van der Waals surface area contributed by atoms with Crippen molar-refractivity contribution in [3.8, 4) is 0 Å². The Morgan fingerprint density at radius 2 is 1.68 bits per heavy atom. The molecule has 1 aromatic carbocycles. The lowest BCUT2D eigenvalue weighted by atomic mass is 9.86. The lowest BCUT2D eigenvalue weighted by molar-refractivity contribution is -0.125. The molecule has 0 aliphatic carbocycles. The molecule has 2 nitrogen and oxygen atoms in total.